The first-order valence-electron chi connectivity index (χ1n) is 12.4. The van der Waals surface area contributed by atoms with Gasteiger partial charge in [-0.25, -0.2) is 0 Å². The van der Waals surface area contributed by atoms with Crippen molar-refractivity contribution in [1.29, 1.82) is 0 Å². The second kappa shape index (κ2) is 17.2. The number of ether oxygens (including phenoxy) is 1. The number of non-ortho nitro benzene ring substituents is 2. The Hall–Kier alpha value is -6.17. The summed E-state index contributed by atoms with van der Waals surface area (Å²) in [5.74, 6) is -3.04. The topological polar surface area (TPSA) is 359 Å². The SMILES string of the molecule is CCCOC(=O)C[C@@H]([NH3+])C[N+](C)(C)C.O=[N+]([O-])c1cc([N+](=O)[O-])c([O-])c([N+](=O)[O-])c1.O=[N+]([O-])c1cc([N+](=O)[O-])c([O-])c([N+](=O)[O-])c1. The van der Waals surface area contributed by atoms with E-state index in [9.17, 15) is 75.7 Å². The van der Waals surface area contributed by atoms with Crippen LogP contribution in [-0.2, 0) is 9.53 Å². The fourth-order valence-electron chi connectivity index (χ4n) is 3.27. The van der Waals surface area contributed by atoms with Gasteiger partial charge in [-0.15, -0.1) is 0 Å². The van der Waals surface area contributed by atoms with Gasteiger partial charge in [-0.3, -0.25) is 65.5 Å². The maximum atomic E-state index is 11.2. The predicted octanol–water partition coefficient (Wildman–Crippen LogP) is 0.616. The van der Waals surface area contributed by atoms with Gasteiger partial charge in [0.25, 0.3) is 34.1 Å². The van der Waals surface area contributed by atoms with E-state index in [1.165, 1.54) is 0 Å². The molecular weight excluding hydrogens is 632 g/mol. The smallest absolute Gasteiger partial charge is 0.312 e. The molecule has 24 nitrogen and oxygen atoms in total. The first kappa shape index (κ1) is 39.8. The number of hydrogen-bond donors (Lipinski definition) is 1. The average molecular weight is 661 g/mol. The number of rotatable bonds is 12. The summed E-state index contributed by atoms with van der Waals surface area (Å²) in [5, 5.41) is 84.2. The molecule has 0 bridgehead atoms. The van der Waals surface area contributed by atoms with Crippen LogP contribution in [0.3, 0.4) is 0 Å². The highest BCUT2D eigenvalue weighted by Crippen LogP contribution is 2.38. The van der Waals surface area contributed by atoms with Gasteiger partial charge >= 0.3 is 5.97 Å². The van der Waals surface area contributed by atoms with Gasteiger partial charge in [0.1, 0.15) is 19.0 Å². The molecule has 1 atom stereocenters. The molecule has 24 heteroatoms. The third-order valence-electron chi connectivity index (χ3n) is 5.01. The van der Waals surface area contributed by atoms with E-state index in [0.29, 0.717) is 37.3 Å². The van der Waals surface area contributed by atoms with Crippen LogP contribution in [0.25, 0.3) is 0 Å². The molecule has 2 rings (SSSR count). The molecule has 2 aromatic carbocycles. The third kappa shape index (κ3) is 13.0. The van der Waals surface area contributed by atoms with Gasteiger partial charge in [0.15, 0.2) is 0 Å². The van der Waals surface area contributed by atoms with Gasteiger partial charge in [-0.05, 0) is 6.42 Å². The summed E-state index contributed by atoms with van der Waals surface area (Å²) >= 11 is 0. The van der Waals surface area contributed by atoms with Crippen LogP contribution in [0.2, 0.25) is 0 Å². The highest BCUT2D eigenvalue weighted by Gasteiger charge is 2.26. The molecule has 0 amide bonds. The lowest BCUT2D eigenvalue weighted by Gasteiger charge is -2.25. The van der Waals surface area contributed by atoms with E-state index in [1.54, 1.807) is 0 Å². The molecule has 0 aliphatic heterocycles. The van der Waals surface area contributed by atoms with Gasteiger partial charge in [-0.1, -0.05) is 6.92 Å². The van der Waals surface area contributed by atoms with Crippen molar-refractivity contribution < 1.29 is 59.5 Å². The zero-order chi connectivity index (χ0) is 36.1. The van der Waals surface area contributed by atoms with Crippen molar-refractivity contribution in [1.82, 2.24) is 0 Å². The molecule has 0 heterocycles. The minimum absolute atomic E-state index is 0.125. The highest BCUT2D eigenvalue weighted by atomic mass is 16.7. The minimum Gasteiger partial charge on any atom is -0.863 e. The van der Waals surface area contributed by atoms with E-state index in [2.05, 4.69) is 26.9 Å². The summed E-state index contributed by atoms with van der Waals surface area (Å²) in [6.07, 6.45) is 1.30. The molecule has 0 aliphatic rings. The van der Waals surface area contributed by atoms with E-state index >= 15 is 0 Å². The number of quaternary nitrogens is 2. The summed E-state index contributed by atoms with van der Waals surface area (Å²) in [7, 11) is 6.28. The van der Waals surface area contributed by atoms with Crippen LogP contribution in [-0.4, -0.2) is 80.3 Å². The fraction of sp³-hybridized carbons (Fsp3) is 0.409. The van der Waals surface area contributed by atoms with E-state index in [0.717, 1.165) is 17.4 Å². The molecule has 0 aliphatic carbocycles. The molecule has 46 heavy (non-hydrogen) atoms. The van der Waals surface area contributed by atoms with Crippen LogP contribution in [0.5, 0.6) is 11.5 Å². The van der Waals surface area contributed by atoms with Crippen molar-refractivity contribution in [2.24, 2.45) is 0 Å². The number of nitro groups is 6. The maximum absolute atomic E-state index is 11.2. The first-order chi connectivity index (χ1) is 21.0. The van der Waals surface area contributed by atoms with Crippen LogP contribution >= 0.6 is 0 Å². The molecule has 0 spiro atoms. The second-order valence-corrected chi connectivity index (χ2v) is 9.93. The molecule has 252 valence electrons. The van der Waals surface area contributed by atoms with E-state index in [4.69, 9.17) is 4.74 Å². The Morgan fingerprint density at radius 1 is 0.696 bits per heavy atom. The van der Waals surface area contributed by atoms with E-state index in [-0.39, 0.29) is 12.0 Å². The van der Waals surface area contributed by atoms with Crippen molar-refractivity contribution in [2.75, 3.05) is 34.3 Å². The molecule has 0 saturated heterocycles. The molecule has 3 N–H and O–H groups in total. The summed E-state index contributed by atoms with van der Waals surface area (Å²) < 4.78 is 5.82. The molecule has 0 unspecified atom stereocenters. The van der Waals surface area contributed by atoms with E-state index < -0.39 is 75.2 Å². The number of carbonyl (C=O) groups is 1. The lowest BCUT2D eigenvalue weighted by atomic mass is 10.2. The van der Waals surface area contributed by atoms with Gasteiger partial charge in [0.05, 0.1) is 93.1 Å². The third-order valence-corrected chi connectivity index (χ3v) is 5.01. The second-order valence-electron chi connectivity index (χ2n) is 9.93. The van der Waals surface area contributed by atoms with Crippen LogP contribution < -0.4 is 15.9 Å². The van der Waals surface area contributed by atoms with Crippen molar-refractivity contribution in [2.45, 2.75) is 25.8 Å². The maximum Gasteiger partial charge on any atom is 0.312 e. The van der Waals surface area contributed by atoms with Crippen LogP contribution in [0, 0.1) is 60.7 Å². The summed E-state index contributed by atoms with van der Waals surface area (Å²) in [6, 6.07) is 1.68. The zero-order valence-electron chi connectivity index (χ0n) is 24.6. The fourth-order valence-corrected chi connectivity index (χ4v) is 3.27. The summed E-state index contributed by atoms with van der Waals surface area (Å²) in [5.41, 5.74) is -2.57. The molecular formula is C22H28N8O16. The van der Waals surface area contributed by atoms with Gasteiger partial charge < -0.3 is 25.2 Å². The Balaban J connectivity index is 0.000000663. The largest absolute Gasteiger partial charge is 0.863 e. The average Bonchev–Trinajstić information content (AvgIpc) is 2.90. The number of nitrogens with zero attached hydrogens (tertiary/aromatic N) is 7. The van der Waals surface area contributed by atoms with Crippen LogP contribution in [0.15, 0.2) is 24.3 Å². The first-order valence-corrected chi connectivity index (χ1v) is 12.4. The number of benzene rings is 2. The predicted molar refractivity (Wildman–Crippen MR) is 147 cm³/mol. The molecule has 0 radical (unpaired) electrons. The summed E-state index contributed by atoms with van der Waals surface area (Å²) in [6.45, 7) is 3.40. The number of nitro benzene ring substituents is 6. The number of hydrogen-bond acceptors (Lipinski definition) is 16. The molecule has 0 fully saturated rings. The summed E-state index contributed by atoms with van der Waals surface area (Å²) in [4.78, 5) is 66.3. The van der Waals surface area contributed by atoms with Crippen LogP contribution in [0.1, 0.15) is 19.8 Å². The Labute approximate surface area is 256 Å². The molecule has 2 aromatic rings. The minimum atomic E-state index is -1.46. The van der Waals surface area contributed by atoms with Gasteiger partial charge in [0.2, 0.25) is 0 Å². The normalized spacial score (nSPS) is 11.0. The Kier molecular flexibility index (Phi) is 14.9. The van der Waals surface area contributed by atoms with Crippen molar-refractivity contribution >= 4 is 40.1 Å². The van der Waals surface area contributed by atoms with Gasteiger partial charge in [-0.2, -0.15) is 0 Å². The molecule has 0 saturated carbocycles. The molecule has 0 aromatic heterocycles. The Morgan fingerprint density at radius 2 is 1.00 bits per heavy atom. The zero-order valence-corrected chi connectivity index (χ0v) is 24.6. The highest BCUT2D eigenvalue weighted by molar-refractivity contribution is 5.69. The Bertz CT molecular complexity index is 1350. The van der Waals surface area contributed by atoms with E-state index in [1.807, 2.05) is 6.92 Å². The number of carbonyl (C=O) groups excluding carboxylic acids is 1. The number of likely N-dealkylation sites (N-methyl/N-ethyl adjacent to an activating group) is 1. The van der Waals surface area contributed by atoms with Gasteiger partial charge in [0, 0.05) is 0 Å². The standard InChI is InChI=1S/C10H23N2O2.2C6H3N3O7/c1-5-6-14-10(13)7-9(11)8-12(2,3)4;2*10-6-4(8(13)14)1-3(7(11)12)2-5(6)9(15)16/h9H,5-8,11H2,1-4H3;2*1-2,10H/q+1;;/p-1/t9-;;/m1../s1. The van der Waals surface area contributed by atoms with Crippen LogP contribution in [0.4, 0.5) is 34.1 Å². The van der Waals surface area contributed by atoms with Crippen molar-refractivity contribution in [3.8, 4) is 11.5 Å². The van der Waals surface area contributed by atoms with Crippen molar-refractivity contribution in [3.05, 3.63) is 85.0 Å². The lowest BCUT2D eigenvalue weighted by molar-refractivity contribution is -0.880. The quantitative estimate of drug-likeness (QED) is 0.141. The number of esters is 1. The monoisotopic (exact) mass is 660 g/mol. The van der Waals surface area contributed by atoms with Crippen molar-refractivity contribution in [3.63, 3.8) is 0 Å². The Morgan fingerprint density at radius 3 is 1.22 bits per heavy atom. The lowest BCUT2D eigenvalue weighted by Crippen LogP contribution is -2.67.